The lowest BCUT2D eigenvalue weighted by atomic mass is 10.1. The zero-order valence-corrected chi connectivity index (χ0v) is 8.39. The highest BCUT2D eigenvalue weighted by molar-refractivity contribution is 5.26. The number of hydrogen-bond donors (Lipinski definition) is 1. The molecule has 0 aliphatic heterocycles. The van der Waals surface area contributed by atoms with E-state index in [0.717, 1.165) is 0 Å². The van der Waals surface area contributed by atoms with E-state index < -0.39 is 5.60 Å². The van der Waals surface area contributed by atoms with Gasteiger partial charge in [0.1, 0.15) is 0 Å². The van der Waals surface area contributed by atoms with Crippen molar-refractivity contribution in [2.75, 3.05) is 18.5 Å². The molecule has 1 rings (SSSR count). The number of anilines is 1. The summed E-state index contributed by atoms with van der Waals surface area (Å²) in [5, 5.41) is 20.6. The smallest absolute Gasteiger partial charge is 0.245 e. The Balaban J connectivity index is 2.69. The fourth-order valence-corrected chi connectivity index (χ4v) is 1.20. The van der Waals surface area contributed by atoms with E-state index in [-0.39, 0.29) is 0 Å². The predicted molar refractivity (Wildman–Crippen MR) is 48.4 cm³/mol. The largest absolute Gasteiger partial charge is 0.389 e. The summed E-state index contributed by atoms with van der Waals surface area (Å²) in [7, 11) is 3.60. The van der Waals surface area contributed by atoms with E-state index in [2.05, 4.69) is 15.5 Å². The molecular weight excluding hydrogens is 170 g/mol. The summed E-state index contributed by atoms with van der Waals surface area (Å²) in [5.41, 5.74) is -0.749. The lowest BCUT2D eigenvalue weighted by Gasteiger charge is -2.25. The molecule has 1 aromatic rings. The van der Waals surface area contributed by atoms with E-state index in [1.807, 2.05) is 7.05 Å². The van der Waals surface area contributed by atoms with Crippen LogP contribution >= 0.6 is 0 Å². The molecule has 0 atom stereocenters. The molecule has 1 N–H and O–H groups in total. The van der Waals surface area contributed by atoms with Crippen molar-refractivity contribution in [2.24, 2.45) is 7.05 Å². The van der Waals surface area contributed by atoms with Gasteiger partial charge in [0, 0.05) is 20.6 Å². The minimum atomic E-state index is -0.749. The molecule has 6 heteroatoms. The first-order valence-electron chi connectivity index (χ1n) is 4.06. The molecule has 0 saturated heterocycles. The Kier molecular flexibility index (Phi) is 2.51. The van der Waals surface area contributed by atoms with Crippen LogP contribution in [-0.2, 0) is 7.05 Å². The first kappa shape index (κ1) is 9.91. The Morgan fingerprint density at radius 1 is 1.54 bits per heavy atom. The fourth-order valence-electron chi connectivity index (χ4n) is 1.20. The maximum atomic E-state index is 9.56. The average molecular weight is 185 g/mol. The first-order valence-corrected chi connectivity index (χ1v) is 4.06. The van der Waals surface area contributed by atoms with E-state index in [1.165, 1.54) is 0 Å². The van der Waals surface area contributed by atoms with Gasteiger partial charge in [-0.15, -0.1) is 0 Å². The molecule has 74 valence electrons. The van der Waals surface area contributed by atoms with Crippen LogP contribution in [0.25, 0.3) is 0 Å². The quantitative estimate of drug-likeness (QED) is 0.682. The second-order valence-electron chi connectivity index (χ2n) is 3.77. The molecule has 13 heavy (non-hydrogen) atoms. The van der Waals surface area contributed by atoms with Gasteiger partial charge in [0.15, 0.2) is 0 Å². The van der Waals surface area contributed by atoms with Crippen molar-refractivity contribution in [3.05, 3.63) is 0 Å². The molecule has 0 bridgehead atoms. The summed E-state index contributed by atoms with van der Waals surface area (Å²) >= 11 is 0. The minimum Gasteiger partial charge on any atom is -0.389 e. The summed E-state index contributed by atoms with van der Waals surface area (Å²) < 4.78 is 1.56. The van der Waals surface area contributed by atoms with Crippen molar-refractivity contribution < 1.29 is 5.11 Å². The lowest BCUT2D eigenvalue weighted by molar-refractivity contribution is 0.0881. The van der Waals surface area contributed by atoms with E-state index in [9.17, 15) is 5.11 Å². The highest BCUT2D eigenvalue weighted by Crippen LogP contribution is 2.09. The number of aliphatic hydroxyl groups is 1. The highest BCUT2D eigenvalue weighted by atomic mass is 16.3. The average Bonchev–Trinajstić information content (AvgIpc) is 2.30. The van der Waals surface area contributed by atoms with Crippen LogP contribution in [0, 0.1) is 0 Å². The Morgan fingerprint density at radius 3 is 2.54 bits per heavy atom. The Bertz CT molecular complexity index is 277. The summed E-state index contributed by atoms with van der Waals surface area (Å²) in [5.74, 6) is 0.641. The summed E-state index contributed by atoms with van der Waals surface area (Å²) in [4.78, 5) is 1.81. The molecule has 0 aromatic carbocycles. The molecule has 0 fully saturated rings. The maximum Gasteiger partial charge on any atom is 0.245 e. The Morgan fingerprint density at radius 2 is 2.15 bits per heavy atom. The normalized spacial score (nSPS) is 11.8. The molecule has 0 spiro atoms. The molecular formula is C7H15N5O. The lowest BCUT2D eigenvalue weighted by Crippen LogP contribution is -2.37. The third kappa shape index (κ3) is 2.66. The van der Waals surface area contributed by atoms with Gasteiger partial charge < -0.3 is 10.0 Å². The zero-order valence-electron chi connectivity index (χ0n) is 8.39. The van der Waals surface area contributed by atoms with Gasteiger partial charge >= 0.3 is 0 Å². The van der Waals surface area contributed by atoms with E-state index in [4.69, 9.17) is 0 Å². The third-order valence-electron chi connectivity index (χ3n) is 1.56. The molecule has 0 unspecified atom stereocenters. The second-order valence-corrected chi connectivity index (χ2v) is 3.77. The predicted octanol–water partition coefficient (Wildman–Crippen LogP) is -0.583. The summed E-state index contributed by atoms with van der Waals surface area (Å²) in [6.45, 7) is 3.97. The Labute approximate surface area is 77.2 Å². The number of likely N-dealkylation sites (N-methyl/N-ethyl adjacent to an activating group) is 1. The van der Waals surface area contributed by atoms with Crippen LogP contribution in [0.4, 0.5) is 5.95 Å². The number of aryl methyl sites for hydroxylation is 1. The molecule has 0 saturated carbocycles. The van der Waals surface area contributed by atoms with Crippen molar-refractivity contribution in [2.45, 2.75) is 19.4 Å². The van der Waals surface area contributed by atoms with Crippen molar-refractivity contribution in [1.29, 1.82) is 0 Å². The molecule has 1 heterocycles. The molecule has 0 radical (unpaired) electrons. The maximum absolute atomic E-state index is 9.56. The number of nitrogens with zero attached hydrogens (tertiary/aromatic N) is 5. The molecule has 1 aromatic heterocycles. The molecule has 6 nitrogen and oxygen atoms in total. The van der Waals surface area contributed by atoms with Crippen LogP contribution in [-0.4, -0.2) is 44.5 Å². The van der Waals surface area contributed by atoms with Gasteiger partial charge in [-0.2, -0.15) is 0 Å². The topological polar surface area (TPSA) is 67.1 Å². The van der Waals surface area contributed by atoms with Crippen LogP contribution in [0.15, 0.2) is 0 Å². The zero-order chi connectivity index (χ0) is 10.1. The van der Waals surface area contributed by atoms with Crippen LogP contribution in [0.1, 0.15) is 13.8 Å². The molecule has 0 amide bonds. The van der Waals surface area contributed by atoms with Crippen LogP contribution in [0.5, 0.6) is 0 Å². The van der Waals surface area contributed by atoms with Gasteiger partial charge in [0.25, 0.3) is 0 Å². The van der Waals surface area contributed by atoms with E-state index >= 15 is 0 Å². The van der Waals surface area contributed by atoms with Crippen molar-refractivity contribution >= 4 is 5.95 Å². The third-order valence-corrected chi connectivity index (χ3v) is 1.56. The van der Waals surface area contributed by atoms with E-state index in [1.54, 1.807) is 30.5 Å². The fraction of sp³-hybridized carbons (Fsp3) is 0.857. The number of tetrazole rings is 1. The second kappa shape index (κ2) is 3.29. The van der Waals surface area contributed by atoms with Crippen LogP contribution < -0.4 is 4.90 Å². The summed E-state index contributed by atoms with van der Waals surface area (Å²) in [6.07, 6.45) is 0. The number of hydrogen-bond acceptors (Lipinski definition) is 5. The molecule has 0 aliphatic rings. The van der Waals surface area contributed by atoms with Gasteiger partial charge in [0.2, 0.25) is 5.95 Å². The van der Waals surface area contributed by atoms with Crippen LogP contribution in [0.2, 0.25) is 0 Å². The van der Waals surface area contributed by atoms with Crippen LogP contribution in [0.3, 0.4) is 0 Å². The van der Waals surface area contributed by atoms with Gasteiger partial charge in [0.05, 0.1) is 5.60 Å². The minimum absolute atomic E-state index is 0.487. The van der Waals surface area contributed by atoms with Crippen molar-refractivity contribution in [1.82, 2.24) is 20.2 Å². The van der Waals surface area contributed by atoms with Gasteiger partial charge in [-0.25, -0.2) is 4.68 Å². The highest BCUT2D eigenvalue weighted by Gasteiger charge is 2.18. The monoisotopic (exact) mass is 185 g/mol. The van der Waals surface area contributed by atoms with Gasteiger partial charge in [-0.1, -0.05) is 5.10 Å². The van der Waals surface area contributed by atoms with Crippen molar-refractivity contribution in [3.63, 3.8) is 0 Å². The first-order chi connectivity index (χ1) is 5.90. The number of rotatable bonds is 3. The van der Waals surface area contributed by atoms with Crippen molar-refractivity contribution in [3.8, 4) is 0 Å². The standard InChI is InChI=1S/C7H15N5O/c1-7(2,13)5-11(3)6-8-9-10-12(6)4/h13H,5H2,1-4H3. The SMILES string of the molecule is CN(CC(C)(C)O)c1nnnn1C. The number of aromatic nitrogens is 4. The summed E-state index contributed by atoms with van der Waals surface area (Å²) in [6, 6.07) is 0. The van der Waals surface area contributed by atoms with Gasteiger partial charge in [-0.05, 0) is 24.3 Å². The van der Waals surface area contributed by atoms with Gasteiger partial charge in [-0.3, -0.25) is 0 Å². The Hall–Kier alpha value is -1.17. The molecule has 0 aliphatic carbocycles. The van der Waals surface area contributed by atoms with E-state index in [0.29, 0.717) is 12.5 Å².